The van der Waals surface area contributed by atoms with Gasteiger partial charge in [-0.15, -0.1) is 12.4 Å². The Morgan fingerprint density at radius 1 is 1.33 bits per heavy atom. The number of ether oxygens (including phenoxy) is 1. The van der Waals surface area contributed by atoms with E-state index in [0.29, 0.717) is 5.56 Å². The summed E-state index contributed by atoms with van der Waals surface area (Å²) in [4.78, 5) is 24.4. The Morgan fingerprint density at radius 2 is 1.89 bits per heavy atom. The summed E-state index contributed by atoms with van der Waals surface area (Å²) >= 11 is 0. The highest BCUT2D eigenvalue weighted by Crippen LogP contribution is 2.03. The first-order valence-corrected chi connectivity index (χ1v) is 5.20. The first-order chi connectivity index (χ1) is 8.06. The molecule has 0 bridgehead atoms. The largest absolute Gasteiger partial charge is 0.468 e. The number of likely N-dealkylation sites (N-methyl/N-ethyl adjacent to an activating group) is 1. The smallest absolute Gasteiger partial charge is 0.324 e. The predicted octanol–water partition coefficient (Wildman–Crippen LogP) is 0.681. The Balaban J connectivity index is 0.00000289. The number of benzene rings is 1. The van der Waals surface area contributed by atoms with Gasteiger partial charge in [-0.1, -0.05) is 18.2 Å². The number of amides is 1. The van der Waals surface area contributed by atoms with Gasteiger partial charge in [0.05, 0.1) is 7.11 Å². The number of carbonyl (C=O) groups excluding carboxylic acids is 2. The standard InChI is InChI=1S/C12H16N2O3.ClH/c1-14(8-10(13)12(16)17-2)11(15)9-6-4-3-5-7-9;/h3-7,10H,8,13H2,1-2H3;1H. The van der Waals surface area contributed by atoms with Crippen LogP contribution in [0, 0.1) is 0 Å². The summed E-state index contributed by atoms with van der Waals surface area (Å²) in [5.41, 5.74) is 6.14. The van der Waals surface area contributed by atoms with E-state index < -0.39 is 12.0 Å². The van der Waals surface area contributed by atoms with Crippen LogP contribution < -0.4 is 5.73 Å². The lowest BCUT2D eigenvalue weighted by Gasteiger charge is -2.20. The monoisotopic (exact) mass is 272 g/mol. The van der Waals surface area contributed by atoms with Crippen LogP contribution in [0.3, 0.4) is 0 Å². The molecule has 0 aliphatic heterocycles. The van der Waals surface area contributed by atoms with E-state index in [2.05, 4.69) is 4.74 Å². The Labute approximate surface area is 112 Å². The first kappa shape index (κ1) is 16.4. The summed E-state index contributed by atoms with van der Waals surface area (Å²) in [5, 5.41) is 0. The maximum atomic E-state index is 11.9. The summed E-state index contributed by atoms with van der Waals surface area (Å²) < 4.78 is 4.50. The molecule has 1 rings (SSSR count). The molecule has 0 radical (unpaired) electrons. The molecule has 1 unspecified atom stereocenters. The molecule has 0 aliphatic carbocycles. The molecule has 1 atom stereocenters. The number of methoxy groups -OCH3 is 1. The van der Waals surface area contributed by atoms with Crippen molar-refractivity contribution in [3.63, 3.8) is 0 Å². The molecule has 0 aliphatic rings. The van der Waals surface area contributed by atoms with Crippen LogP contribution >= 0.6 is 12.4 Å². The van der Waals surface area contributed by atoms with E-state index in [9.17, 15) is 9.59 Å². The van der Waals surface area contributed by atoms with Gasteiger partial charge in [0.25, 0.3) is 5.91 Å². The predicted molar refractivity (Wildman–Crippen MR) is 70.6 cm³/mol. The average Bonchev–Trinajstić information content (AvgIpc) is 2.37. The van der Waals surface area contributed by atoms with Crippen LogP contribution in [0.4, 0.5) is 0 Å². The highest BCUT2D eigenvalue weighted by atomic mass is 35.5. The molecule has 0 heterocycles. The van der Waals surface area contributed by atoms with Crippen LogP contribution in [-0.4, -0.2) is 43.5 Å². The molecule has 100 valence electrons. The number of hydrogen-bond acceptors (Lipinski definition) is 4. The molecular formula is C12H17ClN2O3. The van der Waals surface area contributed by atoms with Crippen LogP contribution in [0.2, 0.25) is 0 Å². The summed E-state index contributed by atoms with van der Waals surface area (Å²) in [6, 6.07) is 7.99. The lowest BCUT2D eigenvalue weighted by molar-refractivity contribution is -0.142. The normalized spacial score (nSPS) is 11.1. The second-order valence-corrected chi connectivity index (χ2v) is 3.68. The van der Waals surface area contributed by atoms with Crippen molar-refractivity contribution in [2.45, 2.75) is 6.04 Å². The quantitative estimate of drug-likeness (QED) is 0.818. The van der Waals surface area contributed by atoms with Gasteiger partial charge in [0.15, 0.2) is 0 Å². The number of hydrogen-bond donors (Lipinski definition) is 1. The van der Waals surface area contributed by atoms with Crippen molar-refractivity contribution >= 4 is 24.3 Å². The molecule has 0 saturated carbocycles. The van der Waals surface area contributed by atoms with Crippen LogP contribution in [0.25, 0.3) is 0 Å². The molecule has 0 spiro atoms. The Kier molecular flexibility index (Phi) is 7.00. The fourth-order valence-corrected chi connectivity index (χ4v) is 1.40. The van der Waals surface area contributed by atoms with Gasteiger partial charge in [-0.05, 0) is 12.1 Å². The van der Waals surface area contributed by atoms with Crippen LogP contribution in [0.1, 0.15) is 10.4 Å². The van der Waals surface area contributed by atoms with Crippen molar-refractivity contribution in [2.75, 3.05) is 20.7 Å². The molecule has 5 nitrogen and oxygen atoms in total. The highest BCUT2D eigenvalue weighted by molar-refractivity contribution is 5.94. The van der Waals surface area contributed by atoms with Crippen LogP contribution in [0.15, 0.2) is 30.3 Å². The number of rotatable bonds is 4. The molecule has 1 aromatic carbocycles. The summed E-state index contributed by atoms with van der Waals surface area (Å²) in [6.07, 6.45) is 0. The van der Waals surface area contributed by atoms with E-state index in [1.54, 1.807) is 31.3 Å². The second kappa shape index (κ2) is 7.68. The minimum Gasteiger partial charge on any atom is -0.468 e. The maximum absolute atomic E-state index is 11.9. The topological polar surface area (TPSA) is 72.6 Å². The molecular weight excluding hydrogens is 256 g/mol. The zero-order valence-electron chi connectivity index (χ0n) is 10.3. The van der Waals surface area contributed by atoms with E-state index in [1.807, 2.05) is 6.07 Å². The van der Waals surface area contributed by atoms with Gasteiger partial charge in [0.1, 0.15) is 6.04 Å². The minimum absolute atomic E-state index is 0. The molecule has 18 heavy (non-hydrogen) atoms. The van der Waals surface area contributed by atoms with Gasteiger partial charge in [-0.3, -0.25) is 9.59 Å². The zero-order valence-corrected chi connectivity index (χ0v) is 11.1. The number of esters is 1. The third kappa shape index (κ3) is 4.35. The Morgan fingerprint density at radius 3 is 2.39 bits per heavy atom. The molecule has 0 aromatic heterocycles. The summed E-state index contributed by atoms with van der Waals surface area (Å²) in [6.45, 7) is 0.125. The third-order valence-corrected chi connectivity index (χ3v) is 2.34. The molecule has 2 N–H and O–H groups in total. The van der Waals surface area contributed by atoms with Crippen LogP contribution in [-0.2, 0) is 9.53 Å². The molecule has 0 saturated heterocycles. The minimum atomic E-state index is -0.822. The van der Waals surface area contributed by atoms with E-state index in [4.69, 9.17) is 5.73 Å². The van der Waals surface area contributed by atoms with Gasteiger partial charge in [-0.2, -0.15) is 0 Å². The second-order valence-electron chi connectivity index (χ2n) is 3.68. The number of nitrogens with two attached hydrogens (primary N) is 1. The fraction of sp³-hybridized carbons (Fsp3) is 0.333. The summed E-state index contributed by atoms with van der Waals surface area (Å²) in [7, 11) is 2.86. The molecule has 6 heteroatoms. The van der Waals surface area contributed by atoms with Gasteiger partial charge in [0, 0.05) is 19.2 Å². The van der Waals surface area contributed by atoms with Crippen molar-refractivity contribution in [3.05, 3.63) is 35.9 Å². The third-order valence-electron chi connectivity index (χ3n) is 2.34. The fourth-order valence-electron chi connectivity index (χ4n) is 1.40. The van der Waals surface area contributed by atoms with Crippen LogP contribution in [0.5, 0.6) is 0 Å². The Hall–Kier alpha value is -1.59. The average molecular weight is 273 g/mol. The summed E-state index contributed by atoms with van der Waals surface area (Å²) in [5.74, 6) is -0.706. The van der Waals surface area contributed by atoms with Gasteiger partial charge >= 0.3 is 5.97 Å². The van der Waals surface area contributed by atoms with Gasteiger partial charge in [-0.25, -0.2) is 0 Å². The first-order valence-electron chi connectivity index (χ1n) is 5.20. The van der Waals surface area contributed by atoms with Crippen molar-refractivity contribution < 1.29 is 14.3 Å². The number of carbonyl (C=O) groups is 2. The van der Waals surface area contributed by atoms with E-state index in [1.165, 1.54) is 12.0 Å². The van der Waals surface area contributed by atoms with Crippen molar-refractivity contribution in [1.82, 2.24) is 4.90 Å². The zero-order chi connectivity index (χ0) is 12.8. The van der Waals surface area contributed by atoms with Crippen molar-refractivity contribution in [2.24, 2.45) is 5.73 Å². The van der Waals surface area contributed by atoms with E-state index in [0.717, 1.165) is 0 Å². The lowest BCUT2D eigenvalue weighted by atomic mass is 10.2. The van der Waals surface area contributed by atoms with E-state index in [-0.39, 0.29) is 24.9 Å². The van der Waals surface area contributed by atoms with Crippen molar-refractivity contribution in [3.8, 4) is 0 Å². The van der Waals surface area contributed by atoms with Gasteiger partial charge < -0.3 is 15.4 Å². The number of nitrogens with zero attached hydrogens (tertiary/aromatic N) is 1. The molecule has 1 aromatic rings. The highest BCUT2D eigenvalue weighted by Gasteiger charge is 2.19. The lowest BCUT2D eigenvalue weighted by Crippen LogP contribution is -2.44. The van der Waals surface area contributed by atoms with E-state index >= 15 is 0 Å². The van der Waals surface area contributed by atoms with Gasteiger partial charge in [0.2, 0.25) is 0 Å². The molecule has 1 amide bonds. The SMILES string of the molecule is COC(=O)C(N)CN(C)C(=O)c1ccccc1.Cl. The van der Waals surface area contributed by atoms with Crippen molar-refractivity contribution in [1.29, 1.82) is 0 Å². The molecule has 0 fully saturated rings. The number of halogens is 1. The Bertz CT molecular complexity index is 398. The maximum Gasteiger partial charge on any atom is 0.324 e.